The Bertz CT molecular complexity index is 693. The Morgan fingerprint density at radius 1 is 0.714 bits per heavy atom. The second-order valence-corrected chi connectivity index (χ2v) is 5.61. The van der Waals surface area contributed by atoms with E-state index < -0.39 is 0 Å². The number of pyridine rings is 2. The van der Waals surface area contributed by atoms with Crippen molar-refractivity contribution in [1.82, 2.24) is 9.97 Å². The summed E-state index contributed by atoms with van der Waals surface area (Å²) < 4.78 is 11.7. The molecule has 0 aromatic carbocycles. The molecular formula is C16H12N2O2S. The van der Waals surface area contributed by atoms with E-state index in [-0.39, 0.29) is 0 Å². The van der Waals surface area contributed by atoms with Gasteiger partial charge >= 0.3 is 0 Å². The molecule has 3 aromatic heterocycles. The van der Waals surface area contributed by atoms with Gasteiger partial charge < -0.3 is 9.47 Å². The molecule has 0 fully saturated rings. The van der Waals surface area contributed by atoms with Crippen LogP contribution in [0.25, 0.3) is 20.9 Å². The molecule has 3 aromatic rings. The highest BCUT2D eigenvalue weighted by Gasteiger charge is 2.25. The molecule has 0 saturated heterocycles. The number of nitrogens with zero attached hydrogens (tertiary/aromatic N) is 2. The molecule has 4 heterocycles. The van der Waals surface area contributed by atoms with Gasteiger partial charge in [-0.15, -0.1) is 11.3 Å². The second-order valence-electron chi connectivity index (χ2n) is 4.59. The maximum absolute atomic E-state index is 5.86. The first-order valence-electron chi connectivity index (χ1n) is 6.66. The van der Waals surface area contributed by atoms with E-state index in [1.165, 1.54) is 0 Å². The lowest BCUT2D eigenvalue weighted by Gasteiger charge is -2.17. The summed E-state index contributed by atoms with van der Waals surface area (Å²) in [7, 11) is 0. The fourth-order valence-electron chi connectivity index (χ4n) is 2.34. The molecule has 0 N–H and O–H groups in total. The zero-order valence-corrected chi connectivity index (χ0v) is 12.0. The number of aromatic nitrogens is 2. The Labute approximate surface area is 126 Å². The number of thiophene rings is 1. The van der Waals surface area contributed by atoms with Crippen molar-refractivity contribution >= 4 is 11.3 Å². The number of ether oxygens (including phenoxy) is 2. The number of hydrogen-bond donors (Lipinski definition) is 0. The molecule has 0 aliphatic carbocycles. The first kappa shape index (κ1) is 12.3. The Hall–Kier alpha value is -2.40. The van der Waals surface area contributed by atoms with Crippen LogP contribution in [-0.4, -0.2) is 23.2 Å². The molecule has 0 spiro atoms. The van der Waals surface area contributed by atoms with Crippen LogP contribution in [0.3, 0.4) is 0 Å². The Morgan fingerprint density at radius 3 is 1.57 bits per heavy atom. The summed E-state index contributed by atoms with van der Waals surface area (Å²) in [6, 6.07) is 7.95. The fourth-order valence-corrected chi connectivity index (χ4v) is 3.54. The van der Waals surface area contributed by atoms with Crippen molar-refractivity contribution in [2.45, 2.75) is 0 Å². The zero-order chi connectivity index (χ0) is 14.1. The van der Waals surface area contributed by atoms with Gasteiger partial charge in [-0.1, -0.05) is 0 Å². The molecule has 0 saturated carbocycles. The van der Waals surface area contributed by atoms with Crippen molar-refractivity contribution in [3.8, 4) is 32.4 Å². The van der Waals surface area contributed by atoms with Gasteiger partial charge in [-0.05, 0) is 35.4 Å². The van der Waals surface area contributed by atoms with Crippen LogP contribution in [0.4, 0.5) is 0 Å². The van der Waals surface area contributed by atoms with Gasteiger partial charge in [0.2, 0.25) is 0 Å². The molecule has 104 valence electrons. The second kappa shape index (κ2) is 5.18. The average molecular weight is 296 g/mol. The van der Waals surface area contributed by atoms with Gasteiger partial charge in [0.15, 0.2) is 11.5 Å². The lowest BCUT2D eigenvalue weighted by atomic mass is 10.1. The highest BCUT2D eigenvalue weighted by molar-refractivity contribution is 7.19. The van der Waals surface area contributed by atoms with E-state index >= 15 is 0 Å². The van der Waals surface area contributed by atoms with E-state index in [0.717, 1.165) is 32.4 Å². The number of fused-ring (bicyclic) bond motifs is 1. The minimum Gasteiger partial charge on any atom is -0.485 e. The Balaban J connectivity index is 1.92. The lowest BCUT2D eigenvalue weighted by molar-refractivity contribution is 0.175. The zero-order valence-electron chi connectivity index (χ0n) is 11.2. The molecule has 1 aliphatic heterocycles. The molecule has 1 aliphatic rings. The molecule has 0 bridgehead atoms. The van der Waals surface area contributed by atoms with Gasteiger partial charge in [0.1, 0.15) is 13.2 Å². The SMILES string of the molecule is c1cc(-c2sc(-c3ccncc3)c3c2OCCO3)ccn1. The quantitative estimate of drug-likeness (QED) is 0.724. The molecule has 5 heteroatoms. The van der Waals surface area contributed by atoms with Crippen LogP contribution in [-0.2, 0) is 0 Å². The summed E-state index contributed by atoms with van der Waals surface area (Å²) in [4.78, 5) is 10.3. The first-order chi connectivity index (χ1) is 10.4. The Kier molecular flexibility index (Phi) is 3.05. The molecule has 0 unspecified atom stereocenters. The molecule has 21 heavy (non-hydrogen) atoms. The van der Waals surface area contributed by atoms with Crippen molar-refractivity contribution in [2.75, 3.05) is 13.2 Å². The van der Waals surface area contributed by atoms with Crippen LogP contribution < -0.4 is 9.47 Å². The molecule has 4 rings (SSSR count). The van der Waals surface area contributed by atoms with E-state index in [4.69, 9.17) is 9.47 Å². The van der Waals surface area contributed by atoms with Crippen LogP contribution in [0.1, 0.15) is 0 Å². The summed E-state index contributed by atoms with van der Waals surface area (Å²) in [5.74, 6) is 1.67. The number of rotatable bonds is 2. The van der Waals surface area contributed by atoms with Gasteiger partial charge in [0.05, 0.1) is 9.75 Å². The van der Waals surface area contributed by atoms with E-state index in [1.54, 1.807) is 36.1 Å². The van der Waals surface area contributed by atoms with Crippen LogP contribution in [0.2, 0.25) is 0 Å². The molecule has 0 radical (unpaired) electrons. The van der Waals surface area contributed by atoms with Crippen LogP contribution >= 0.6 is 11.3 Å². The average Bonchev–Trinajstić information content (AvgIpc) is 2.96. The van der Waals surface area contributed by atoms with Crippen LogP contribution in [0.15, 0.2) is 49.1 Å². The van der Waals surface area contributed by atoms with Crippen LogP contribution in [0, 0.1) is 0 Å². The maximum Gasteiger partial charge on any atom is 0.180 e. The first-order valence-corrected chi connectivity index (χ1v) is 7.48. The highest BCUT2D eigenvalue weighted by atomic mass is 32.1. The predicted octanol–water partition coefficient (Wildman–Crippen LogP) is 3.64. The lowest BCUT2D eigenvalue weighted by Crippen LogP contribution is -2.14. The third-order valence-electron chi connectivity index (χ3n) is 3.28. The molecule has 0 amide bonds. The molecule has 4 nitrogen and oxygen atoms in total. The monoisotopic (exact) mass is 296 g/mol. The third kappa shape index (κ3) is 2.15. The predicted molar refractivity (Wildman–Crippen MR) is 81.8 cm³/mol. The largest absolute Gasteiger partial charge is 0.485 e. The van der Waals surface area contributed by atoms with Crippen molar-refractivity contribution in [3.63, 3.8) is 0 Å². The van der Waals surface area contributed by atoms with Gasteiger partial charge in [-0.25, -0.2) is 0 Å². The van der Waals surface area contributed by atoms with E-state index in [0.29, 0.717) is 13.2 Å². The highest BCUT2D eigenvalue weighted by Crippen LogP contribution is 2.53. The van der Waals surface area contributed by atoms with Crippen LogP contribution in [0.5, 0.6) is 11.5 Å². The van der Waals surface area contributed by atoms with Crippen molar-refractivity contribution in [3.05, 3.63) is 49.1 Å². The van der Waals surface area contributed by atoms with E-state index in [2.05, 4.69) is 9.97 Å². The van der Waals surface area contributed by atoms with E-state index in [9.17, 15) is 0 Å². The minimum atomic E-state index is 0.581. The van der Waals surface area contributed by atoms with Crippen molar-refractivity contribution < 1.29 is 9.47 Å². The molecule has 0 atom stereocenters. The van der Waals surface area contributed by atoms with Gasteiger partial charge in [-0.2, -0.15) is 0 Å². The standard InChI is InChI=1S/C16H12N2O2S/c1-5-17-6-2-11(1)15-13-14(20-10-9-19-13)16(21-15)12-3-7-18-8-4-12/h1-8H,9-10H2. The fraction of sp³-hybridized carbons (Fsp3) is 0.125. The van der Waals surface area contributed by atoms with Crippen molar-refractivity contribution in [2.24, 2.45) is 0 Å². The maximum atomic E-state index is 5.86. The summed E-state index contributed by atoms with van der Waals surface area (Å²) in [6.45, 7) is 1.16. The minimum absolute atomic E-state index is 0.581. The van der Waals surface area contributed by atoms with Gasteiger partial charge in [0.25, 0.3) is 0 Å². The normalized spacial score (nSPS) is 13.1. The number of hydrogen-bond acceptors (Lipinski definition) is 5. The molecular weight excluding hydrogens is 284 g/mol. The van der Waals surface area contributed by atoms with Gasteiger partial charge in [0, 0.05) is 24.8 Å². The summed E-state index contributed by atoms with van der Waals surface area (Å²) >= 11 is 1.68. The third-order valence-corrected chi connectivity index (χ3v) is 4.53. The summed E-state index contributed by atoms with van der Waals surface area (Å²) in [5.41, 5.74) is 2.19. The topological polar surface area (TPSA) is 44.2 Å². The van der Waals surface area contributed by atoms with Crippen molar-refractivity contribution in [1.29, 1.82) is 0 Å². The van der Waals surface area contributed by atoms with E-state index in [1.807, 2.05) is 24.3 Å². The smallest absolute Gasteiger partial charge is 0.180 e. The van der Waals surface area contributed by atoms with Gasteiger partial charge in [-0.3, -0.25) is 9.97 Å². The Morgan fingerprint density at radius 2 is 1.14 bits per heavy atom. The summed E-state index contributed by atoms with van der Waals surface area (Å²) in [6.07, 6.45) is 7.16. The summed E-state index contributed by atoms with van der Waals surface area (Å²) in [5, 5.41) is 0.